The summed E-state index contributed by atoms with van der Waals surface area (Å²) in [6.45, 7) is 1.75. The third kappa shape index (κ3) is 2.73. The normalized spacial score (nSPS) is 26.4. The summed E-state index contributed by atoms with van der Waals surface area (Å²) in [7, 11) is 2.07. The molecule has 2 aromatic rings. The smallest absolute Gasteiger partial charge is 0.180 e. The molecule has 1 aromatic carbocycles. The zero-order valence-corrected chi connectivity index (χ0v) is 17.2. The Balaban J connectivity index is 1.42. The first-order valence-electron chi connectivity index (χ1n) is 9.98. The minimum Gasteiger partial charge on any atom is -0.324 e. The van der Waals surface area contributed by atoms with Crippen molar-refractivity contribution in [1.29, 1.82) is 0 Å². The molecule has 0 spiro atoms. The fourth-order valence-electron chi connectivity index (χ4n) is 5.47. The zero-order chi connectivity index (χ0) is 18.8. The molecule has 3 nitrogen and oxygen atoms in total. The Morgan fingerprint density at radius 2 is 2.11 bits per heavy atom. The van der Waals surface area contributed by atoms with E-state index in [1.165, 1.54) is 43.1 Å². The lowest BCUT2D eigenvalue weighted by atomic mass is 9.93. The van der Waals surface area contributed by atoms with E-state index >= 15 is 0 Å². The number of rotatable bonds is 5. The van der Waals surface area contributed by atoms with Gasteiger partial charge in [0.15, 0.2) is 4.77 Å². The molecule has 0 bridgehead atoms. The molecule has 2 aliphatic carbocycles. The lowest BCUT2D eigenvalue weighted by molar-refractivity contribution is 0.520. The number of aromatic nitrogens is 2. The van der Waals surface area contributed by atoms with Gasteiger partial charge in [0.2, 0.25) is 0 Å². The predicted octanol–water partition coefficient (Wildman–Crippen LogP) is 4.86. The molecule has 1 N–H and O–H groups in total. The summed E-state index contributed by atoms with van der Waals surface area (Å²) >= 11 is 11.9. The Kier molecular flexibility index (Phi) is 4.26. The van der Waals surface area contributed by atoms with E-state index < -0.39 is 0 Å². The Hall–Kier alpha value is -1.17. The van der Waals surface area contributed by atoms with Gasteiger partial charge in [-0.3, -0.25) is 0 Å². The summed E-state index contributed by atoms with van der Waals surface area (Å²) in [4.78, 5) is 0. The summed E-state index contributed by atoms with van der Waals surface area (Å²) < 4.78 is 19.8. The van der Waals surface area contributed by atoms with Crippen LogP contribution in [0.25, 0.3) is 0 Å². The van der Waals surface area contributed by atoms with E-state index in [-0.39, 0.29) is 11.2 Å². The molecule has 2 saturated carbocycles. The van der Waals surface area contributed by atoms with Gasteiger partial charge in [-0.1, -0.05) is 24.4 Å². The standard InChI is InChI=1S/C21H25ClFN3S/c1-25-18(8-9-24-14-4-2-3-5-14)19-16-11-21(16,12-26(19)20(25)27)15-10-13(22)6-7-17(15)23/h6-7,10,14,16,24H,2-5,8-9,11-12H2,1H3/t16-,21+/m0/s1. The van der Waals surface area contributed by atoms with E-state index in [4.69, 9.17) is 23.8 Å². The van der Waals surface area contributed by atoms with Crippen molar-refractivity contribution in [2.24, 2.45) is 7.05 Å². The molecule has 1 aromatic heterocycles. The number of imidazole rings is 1. The maximum absolute atomic E-state index is 14.6. The monoisotopic (exact) mass is 405 g/mol. The second-order valence-electron chi connectivity index (χ2n) is 8.48. The number of hydrogen-bond acceptors (Lipinski definition) is 2. The quantitative estimate of drug-likeness (QED) is 0.717. The van der Waals surface area contributed by atoms with Crippen LogP contribution in [0.15, 0.2) is 18.2 Å². The van der Waals surface area contributed by atoms with E-state index in [1.807, 2.05) is 6.07 Å². The predicted molar refractivity (Wildman–Crippen MR) is 109 cm³/mol. The fourth-order valence-corrected chi connectivity index (χ4v) is 5.92. The summed E-state index contributed by atoms with van der Waals surface area (Å²) in [5, 5.41) is 4.31. The van der Waals surface area contributed by atoms with Crippen LogP contribution < -0.4 is 5.32 Å². The topological polar surface area (TPSA) is 21.9 Å². The van der Waals surface area contributed by atoms with Crippen molar-refractivity contribution in [3.05, 3.63) is 50.8 Å². The van der Waals surface area contributed by atoms with Gasteiger partial charge in [0.25, 0.3) is 0 Å². The van der Waals surface area contributed by atoms with Crippen LogP contribution in [0.1, 0.15) is 55.0 Å². The van der Waals surface area contributed by atoms with Crippen LogP contribution in [0.2, 0.25) is 5.02 Å². The van der Waals surface area contributed by atoms with Crippen molar-refractivity contribution in [1.82, 2.24) is 14.5 Å². The Bertz CT molecular complexity index is 959. The van der Waals surface area contributed by atoms with Gasteiger partial charge in [-0.05, 0) is 55.2 Å². The van der Waals surface area contributed by atoms with Gasteiger partial charge >= 0.3 is 0 Å². The molecule has 0 unspecified atom stereocenters. The Labute approximate surface area is 169 Å². The molecule has 0 radical (unpaired) electrons. The summed E-state index contributed by atoms with van der Waals surface area (Å²) in [5.74, 6) is 0.210. The minimum absolute atomic E-state index is 0.146. The van der Waals surface area contributed by atoms with Crippen LogP contribution in [0.5, 0.6) is 0 Å². The van der Waals surface area contributed by atoms with Gasteiger partial charge in [0, 0.05) is 60.3 Å². The van der Waals surface area contributed by atoms with Crippen molar-refractivity contribution in [3.8, 4) is 0 Å². The van der Waals surface area contributed by atoms with Gasteiger partial charge in [0.1, 0.15) is 5.82 Å². The zero-order valence-electron chi connectivity index (χ0n) is 15.6. The molecule has 2 fully saturated rings. The Morgan fingerprint density at radius 1 is 1.33 bits per heavy atom. The van der Waals surface area contributed by atoms with Crippen molar-refractivity contribution >= 4 is 23.8 Å². The molecule has 27 heavy (non-hydrogen) atoms. The first kappa shape index (κ1) is 17.9. The van der Waals surface area contributed by atoms with E-state index in [1.54, 1.807) is 6.07 Å². The van der Waals surface area contributed by atoms with Gasteiger partial charge in [-0.2, -0.15) is 0 Å². The molecule has 144 valence electrons. The van der Waals surface area contributed by atoms with Gasteiger partial charge < -0.3 is 14.5 Å². The van der Waals surface area contributed by atoms with Crippen LogP contribution in [-0.2, 0) is 25.4 Å². The molecule has 1 aliphatic heterocycles. The average molecular weight is 406 g/mol. The third-order valence-corrected chi connectivity index (χ3v) is 7.70. The van der Waals surface area contributed by atoms with E-state index in [2.05, 4.69) is 21.5 Å². The van der Waals surface area contributed by atoms with Crippen LogP contribution in [0.4, 0.5) is 4.39 Å². The Morgan fingerprint density at radius 3 is 2.89 bits per heavy atom. The highest BCUT2D eigenvalue weighted by atomic mass is 35.5. The maximum atomic E-state index is 14.6. The first-order valence-corrected chi connectivity index (χ1v) is 10.8. The molecule has 2 heterocycles. The van der Waals surface area contributed by atoms with Crippen LogP contribution in [0.3, 0.4) is 0 Å². The SMILES string of the molecule is Cn1c(CCNC2CCCC2)c2n(c1=S)C[C@@]1(c3cc(Cl)ccc3F)C[C@@H]21. The fraction of sp³-hybridized carbons (Fsp3) is 0.571. The van der Waals surface area contributed by atoms with Crippen LogP contribution in [-0.4, -0.2) is 21.7 Å². The second-order valence-corrected chi connectivity index (χ2v) is 9.28. The molecule has 0 saturated heterocycles. The number of nitrogens with zero attached hydrogens (tertiary/aromatic N) is 2. The third-order valence-electron chi connectivity index (χ3n) is 6.97. The first-order chi connectivity index (χ1) is 13.0. The lowest BCUT2D eigenvalue weighted by Crippen LogP contribution is -2.28. The minimum atomic E-state index is -0.153. The average Bonchev–Trinajstić information content (AvgIpc) is 2.97. The largest absolute Gasteiger partial charge is 0.324 e. The molecular weight excluding hydrogens is 381 g/mol. The molecule has 2 atom stereocenters. The van der Waals surface area contributed by atoms with Gasteiger partial charge in [-0.25, -0.2) is 4.39 Å². The van der Waals surface area contributed by atoms with Crippen LogP contribution >= 0.6 is 23.8 Å². The second kappa shape index (κ2) is 6.43. The summed E-state index contributed by atoms with van der Waals surface area (Å²) in [5.41, 5.74) is 3.25. The highest BCUT2D eigenvalue weighted by Crippen LogP contribution is 2.66. The molecule has 0 amide bonds. The van der Waals surface area contributed by atoms with Gasteiger partial charge in [0.05, 0.1) is 0 Å². The number of nitrogens with one attached hydrogen (secondary N) is 1. The van der Waals surface area contributed by atoms with Crippen molar-refractivity contribution in [2.45, 2.75) is 62.4 Å². The van der Waals surface area contributed by atoms with Gasteiger partial charge in [-0.15, -0.1) is 0 Å². The van der Waals surface area contributed by atoms with Crippen molar-refractivity contribution < 1.29 is 4.39 Å². The van der Waals surface area contributed by atoms with E-state index in [9.17, 15) is 4.39 Å². The number of hydrogen-bond donors (Lipinski definition) is 1. The highest BCUT2D eigenvalue weighted by molar-refractivity contribution is 7.71. The van der Waals surface area contributed by atoms with Crippen molar-refractivity contribution in [2.75, 3.05) is 6.54 Å². The lowest BCUT2D eigenvalue weighted by Gasteiger charge is -2.15. The molecule has 6 heteroatoms. The van der Waals surface area contributed by atoms with Crippen LogP contribution in [0, 0.1) is 10.6 Å². The number of fused-ring (bicyclic) bond motifs is 3. The summed E-state index contributed by atoms with van der Waals surface area (Å²) in [6.07, 6.45) is 7.26. The molecule has 3 aliphatic rings. The van der Waals surface area contributed by atoms with E-state index in [0.717, 1.165) is 36.3 Å². The highest BCUT2D eigenvalue weighted by Gasteiger charge is 2.63. The van der Waals surface area contributed by atoms with E-state index in [0.29, 0.717) is 17.0 Å². The number of benzene rings is 1. The summed E-state index contributed by atoms with van der Waals surface area (Å²) in [6, 6.07) is 5.61. The molecular formula is C21H25ClFN3S. The maximum Gasteiger partial charge on any atom is 0.180 e. The molecule has 5 rings (SSSR count). The number of halogens is 2. The van der Waals surface area contributed by atoms with Crippen molar-refractivity contribution in [3.63, 3.8) is 0 Å².